The molecular weight excluding hydrogens is 638 g/mol. The number of unbranched alkanes of at least 4 members (excludes halogenated alkanes) is 1. The van der Waals surface area contributed by atoms with Gasteiger partial charge in [0.25, 0.3) is 0 Å². The number of aliphatic hydroxyl groups excluding tert-OH is 1. The van der Waals surface area contributed by atoms with E-state index in [2.05, 4.69) is 39.7 Å². The van der Waals surface area contributed by atoms with Crippen LogP contribution in [0.25, 0.3) is 16.9 Å². The van der Waals surface area contributed by atoms with Crippen molar-refractivity contribution in [1.29, 1.82) is 0 Å². The quantitative estimate of drug-likeness (QED) is 0.0943. The van der Waals surface area contributed by atoms with Crippen LogP contribution >= 0.6 is 0 Å². The molecule has 3 heterocycles. The van der Waals surface area contributed by atoms with E-state index in [0.717, 1.165) is 41.6 Å². The van der Waals surface area contributed by atoms with E-state index in [1.807, 2.05) is 97.2 Å². The summed E-state index contributed by atoms with van der Waals surface area (Å²) >= 11 is 0. The van der Waals surface area contributed by atoms with Gasteiger partial charge in [-0.2, -0.15) is 0 Å². The SMILES string of the molecule is CCCCNC(=O)[C@@H](C[C@H](O)[C@@H](Cc1ccccc1)NC(=O)[C@H](Cc1ccccc1)c1nnc2c(CCC)nc(-c3cccnc3)cn12)C(C)C. The first-order valence-corrected chi connectivity index (χ1v) is 18.3. The Hall–Kier alpha value is -4.96. The molecule has 0 aliphatic rings. The topological polar surface area (TPSA) is 134 Å². The van der Waals surface area contributed by atoms with Gasteiger partial charge in [-0.25, -0.2) is 4.98 Å². The van der Waals surface area contributed by atoms with E-state index in [1.165, 1.54) is 0 Å². The third-order valence-electron chi connectivity index (χ3n) is 9.40. The number of nitrogens with zero attached hydrogens (tertiary/aromatic N) is 5. The standard InChI is InChI=1S/C41H51N7O3/c1-5-7-22-43-40(50)32(28(3)4)25-37(49)35(24-30-18-12-9-13-19-30)45-41(51)33(23-29-16-10-8-11-17-29)38-46-47-39-34(15-6-2)44-36(27-48(38)39)31-20-14-21-42-26-31/h8-14,16-21,26-28,32-33,35,37,49H,5-7,15,22-25H2,1-4H3,(H,43,50)(H,45,51)/t32-,33+,35+,37-/m0/s1. The van der Waals surface area contributed by atoms with Crippen LogP contribution in [0, 0.1) is 11.8 Å². The Morgan fingerprint density at radius 2 is 1.57 bits per heavy atom. The van der Waals surface area contributed by atoms with Gasteiger partial charge >= 0.3 is 0 Å². The molecule has 2 aromatic carbocycles. The average Bonchev–Trinajstić information content (AvgIpc) is 3.57. The zero-order valence-corrected chi connectivity index (χ0v) is 30.2. The molecule has 0 bridgehead atoms. The molecule has 4 atom stereocenters. The van der Waals surface area contributed by atoms with Crippen LogP contribution in [-0.2, 0) is 28.9 Å². The Labute approximate surface area is 301 Å². The number of hydrogen-bond donors (Lipinski definition) is 3. The molecule has 0 spiro atoms. The molecular formula is C41H51N7O3. The molecule has 5 aromatic rings. The fourth-order valence-corrected chi connectivity index (χ4v) is 6.48. The van der Waals surface area contributed by atoms with Gasteiger partial charge in [-0.05, 0) is 61.3 Å². The van der Waals surface area contributed by atoms with Crippen molar-refractivity contribution in [1.82, 2.24) is 35.2 Å². The monoisotopic (exact) mass is 689 g/mol. The molecule has 0 unspecified atom stereocenters. The first-order valence-electron chi connectivity index (χ1n) is 18.3. The van der Waals surface area contributed by atoms with E-state index in [4.69, 9.17) is 4.98 Å². The molecule has 10 nitrogen and oxygen atoms in total. The highest BCUT2D eigenvalue weighted by molar-refractivity contribution is 5.84. The predicted octanol–water partition coefficient (Wildman–Crippen LogP) is 6.13. The number of aliphatic hydroxyl groups is 1. The van der Waals surface area contributed by atoms with Crippen LogP contribution in [0.5, 0.6) is 0 Å². The maximum Gasteiger partial charge on any atom is 0.231 e. The second kappa shape index (κ2) is 18.3. The number of carbonyl (C=O) groups excluding carboxylic acids is 2. The molecule has 0 radical (unpaired) electrons. The zero-order valence-electron chi connectivity index (χ0n) is 30.2. The summed E-state index contributed by atoms with van der Waals surface area (Å²) in [5.74, 6) is -1.02. The summed E-state index contributed by atoms with van der Waals surface area (Å²) in [6.07, 6.45) is 8.80. The van der Waals surface area contributed by atoms with Crippen LogP contribution < -0.4 is 10.6 Å². The molecule has 10 heteroatoms. The lowest BCUT2D eigenvalue weighted by molar-refractivity contribution is -0.128. The molecule has 268 valence electrons. The summed E-state index contributed by atoms with van der Waals surface area (Å²) in [6, 6.07) is 22.8. The molecule has 5 rings (SSSR count). The van der Waals surface area contributed by atoms with Crippen molar-refractivity contribution in [3.05, 3.63) is 114 Å². The summed E-state index contributed by atoms with van der Waals surface area (Å²) in [4.78, 5) is 37.2. The number of pyridine rings is 1. The summed E-state index contributed by atoms with van der Waals surface area (Å²) in [5, 5.41) is 27.3. The first kappa shape index (κ1) is 37.3. The smallest absolute Gasteiger partial charge is 0.231 e. The molecule has 3 N–H and O–H groups in total. The van der Waals surface area contributed by atoms with Crippen molar-refractivity contribution >= 4 is 17.5 Å². The number of aromatic nitrogens is 5. The molecule has 3 aromatic heterocycles. The highest BCUT2D eigenvalue weighted by atomic mass is 16.3. The van der Waals surface area contributed by atoms with Gasteiger partial charge in [0.2, 0.25) is 11.8 Å². The molecule has 0 aliphatic carbocycles. The third kappa shape index (κ3) is 9.85. The second-order valence-corrected chi connectivity index (χ2v) is 13.7. The number of amides is 2. The van der Waals surface area contributed by atoms with Crippen molar-refractivity contribution in [3.63, 3.8) is 0 Å². The van der Waals surface area contributed by atoms with Crippen molar-refractivity contribution in [2.24, 2.45) is 11.8 Å². The Bertz CT molecular complexity index is 1830. The van der Waals surface area contributed by atoms with E-state index in [0.29, 0.717) is 43.0 Å². The van der Waals surface area contributed by atoms with Gasteiger partial charge in [-0.1, -0.05) is 101 Å². The van der Waals surface area contributed by atoms with Crippen LogP contribution in [0.15, 0.2) is 91.4 Å². The van der Waals surface area contributed by atoms with Crippen molar-refractivity contribution in [2.45, 2.75) is 90.7 Å². The van der Waals surface area contributed by atoms with E-state index in [-0.39, 0.29) is 24.2 Å². The number of fused-ring (bicyclic) bond motifs is 1. The maximum absolute atomic E-state index is 14.7. The lowest BCUT2D eigenvalue weighted by atomic mass is 9.85. The van der Waals surface area contributed by atoms with Gasteiger partial charge in [0.15, 0.2) is 5.65 Å². The number of benzene rings is 2. The van der Waals surface area contributed by atoms with Gasteiger partial charge in [-0.15, -0.1) is 10.2 Å². The third-order valence-corrected chi connectivity index (χ3v) is 9.40. The fourth-order valence-electron chi connectivity index (χ4n) is 6.48. The second-order valence-electron chi connectivity index (χ2n) is 13.7. The number of rotatable bonds is 18. The Balaban J connectivity index is 1.52. The molecule has 0 aliphatic heterocycles. The molecule has 0 fully saturated rings. The minimum absolute atomic E-state index is 0.00229. The lowest BCUT2D eigenvalue weighted by Crippen LogP contribution is -2.49. The highest BCUT2D eigenvalue weighted by Crippen LogP contribution is 2.27. The largest absolute Gasteiger partial charge is 0.391 e. The normalized spacial score (nSPS) is 13.8. The molecule has 2 amide bonds. The summed E-state index contributed by atoms with van der Waals surface area (Å²) in [5.41, 5.74) is 4.91. The van der Waals surface area contributed by atoms with Gasteiger partial charge in [0.05, 0.1) is 23.5 Å². The van der Waals surface area contributed by atoms with Crippen LogP contribution in [0.3, 0.4) is 0 Å². The maximum atomic E-state index is 14.7. The van der Waals surface area contributed by atoms with Crippen molar-refractivity contribution in [3.8, 4) is 11.3 Å². The summed E-state index contributed by atoms with van der Waals surface area (Å²) < 4.78 is 1.89. The van der Waals surface area contributed by atoms with Crippen LogP contribution in [0.4, 0.5) is 0 Å². The van der Waals surface area contributed by atoms with Gasteiger partial charge < -0.3 is 15.7 Å². The molecule has 0 saturated carbocycles. The van der Waals surface area contributed by atoms with E-state index >= 15 is 0 Å². The van der Waals surface area contributed by atoms with Gasteiger partial charge in [0.1, 0.15) is 11.7 Å². The van der Waals surface area contributed by atoms with Crippen molar-refractivity contribution in [2.75, 3.05) is 6.54 Å². The molecule has 0 saturated heterocycles. The van der Waals surface area contributed by atoms with E-state index in [1.54, 1.807) is 12.4 Å². The zero-order chi connectivity index (χ0) is 36.2. The fraction of sp³-hybridized carbons (Fsp3) is 0.415. The molecule has 51 heavy (non-hydrogen) atoms. The first-order chi connectivity index (χ1) is 24.8. The number of carbonyl (C=O) groups is 2. The minimum Gasteiger partial charge on any atom is -0.391 e. The van der Waals surface area contributed by atoms with Gasteiger partial charge in [-0.3, -0.25) is 19.0 Å². The van der Waals surface area contributed by atoms with Crippen LogP contribution in [0.1, 0.15) is 81.9 Å². The lowest BCUT2D eigenvalue weighted by Gasteiger charge is -2.30. The highest BCUT2D eigenvalue weighted by Gasteiger charge is 2.34. The number of aryl methyl sites for hydroxylation is 1. The van der Waals surface area contributed by atoms with Gasteiger partial charge in [0, 0.05) is 36.6 Å². The van der Waals surface area contributed by atoms with Crippen LogP contribution in [0.2, 0.25) is 0 Å². The van der Waals surface area contributed by atoms with E-state index in [9.17, 15) is 14.7 Å². The summed E-state index contributed by atoms with van der Waals surface area (Å²) in [7, 11) is 0. The van der Waals surface area contributed by atoms with E-state index < -0.39 is 24.0 Å². The summed E-state index contributed by atoms with van der Waals surface area (Å²) in [6.45, 7) is 8.77. The number of nitrogens with one attached hydrogen (secondary N) is 2. The minimum atomic E-state index is -0.983. The van der Waals surface area contributed by atoms with Crippen molar-refractivity contribution < 1.29 is 14.7 Å². The Morgan fingerprint density at radius 1 is 0.863 bits per heavy atom. The Kier molecular flexibility index (Phi) is 13.4. The average molecular weight is 690 g/mol. The predicted molar refractivity (Wildman–Crippen MR) is 200 cm³/mol. The van der Waals surface area contributed by atoms with Crippen LogP contribution in [-0.4, -0.2) is 60.2 Å². The number of hydrogen-bond acceptors (Lipinski definition) is 7. The Morgan fingerprint density at radius 3 is 2.20 bits per heavy atom.